The molecule has 0 spiro atoms. The first-order valence-corrected chi connectivity index (χ1v) is 10.2. The molecule has 4 rings (SSSR count). The summed E-state index contributed by atoms with van der Waals surface area (Å²) in [5, 5.41) is 12.1. The van der Waals surface area contributed by atoms with Crippen LogP contribution in [0.5, 0.6) is 5.75 Å². The lowest BCUT2D eigenvalue weighted by molar-refractivity contribution is -0.117. The number of rotatable bonds is 5. The van der Waals surface area contributed by atoms with Crippen molar-refractivity contribution < 1.29 is 9.53 Å². The first-order chi connectivity index (χ1) is 14.1. The Balaban J connectivity index is 1.24. The van der Waals surface area contributed by atoms with Crippen LogP contribution in [0.1, 0.15) is 16.7 Å². The molecule has 7 heteroatoms. The summed E-state index contributed by atoms with van der Waals surface area (Å²) in [6.45, 7) is 5.64. The van der Waals surface area contributed by atoms with Gasteiger partial charge in [0, 0.05) is 44.8 Å². The van der Waals surface area contributed by atoms with Crippen molar-refractivity contribution in [2.45, 2.75) is 13.0 Å². The molecule has 0 atom stereocenters. The van der Waals surface area contributed by atoms with Gasteiger partial charge in [-0.3, -0.25) is 14.6 Å². The average molecular weight is 411 g/mol. The second-order valence-electron chi connectivity index (χ2n) is 7.45. The van der Waals surface area contributed by atoms with Gasteiger partial charge in [0.1, 0.15) is 11.8 Å². The molecule has 0 unspecified atom stereocenters. The van der Waals surface area contributed by atoms with Crippen molar-refractivity contribution >= 4 is 23.2 Å². The summed E-state index contributed by atoms with van der Waals surface area (Å²) in [6.07, 6.45) is 0.997. The minimum Gasteiger partial charge on any atom is -0.493 e. The van der Waals surface area contributed by atoms with E-state index in [0.717, 1.165) is 51.5 Å². The summed E-state index contributed by atoms with van der Waals surface area (Å²) in [4.78, 5) is 16.9. The summed E-state index contributed by atoms with van der Waals surface area (Å²) in [7, 11) is 0. The molecule has 2 aromatic rings. The van der Waals surface area contributed by atoms with Gasteiger partial charge >= 0.3 is 0 Å². The molecule has 1 fully saturated rings. The fourth-order valence-corrected chi connectivity index (χ4v) is 4.01. The Morgan fingerprint density at radius 1 is 1.14 bits per heavy atom. The summed E-state index contributed by atoms with van der Waals surface area (Å²) in [5.41, 5.74) is 3.63. The van der Waals surface area contributed by atoms with Gasteiger partial charge in [0.05, 0.1) is 23.7 Å². The van der Waals surface area contributed by atoms with Crippen LogP contribution in [0.2, 0.25) is 5.02 Å². The third kappa shape index (κ3) is 4.88. The van der Waals surface area contributed by atoms with Crippen LogP contribution in [-0.4, -0.2) is 55.0 Å². The predicted octanol–water partition coefficient (Wildman–Crippen LogP) is 2.90. The van der Waals surface area contributed by atoms with Crippen LogP contribution in [0, 0.1) is 11.3 Å². The number of carbonyl (C=O) groups excluding carboxylic acids is 1. The molecule has 2 aliphatic rings. The maximum Gasteiger partial charge on any atom is 0.238 e. The molecule has 0 aromatic heterocycles. The van der Waals surface area contributed by atoms with Crippen LogP contribution in [0.3, 0.4) is 0 Å². The van der Waals surface area contributed by atoms with Gasteiger partial charge in [-0.2, -0.15) is 5.26 Å². The van der Waals surface area contributed by atoms with Crippen LogP contribution in [0.15, 0.2) is 36.4 Å². The number of benzene rings is 2. The number of nitrogens with one attached hydrogen (secondary N) is 1. The zero-order valence-corrected chi connectivity index (χ0v) is 16.9. The second-order valence-corrected chi connectivity index (χ2v) is 7.85. The van der Waals surface area contributed by atoms with E-state index >= 15 is 0 Å². The van der Waals surface area contributed by atoms with Crippen molar-refractivity contribution in [3.63, 3.8) is 0 Å². The van der Waals surface area contributed by atoms with Gasteiger partial charge in [-0.15, -0.1) is 0 Å². The zero-order valence-electron chi connectivity index (χ0n) is 16.2. The Kier molecular flexibility index (Phi) is 6.00. The Hall–Kier alpha value is -2.59. The highest BCUT2D eigenvalue weighted by Gasteiger charge is 2.20. The topological polar surface area (TPSA) is 68.6 Å². The lowest BCUT2D eigenvalue weighted by atomic mass is 10.1. The number of nitrogens with zero attached hydrogens (tertiary/aromatic N) is 3. The molecule has 6 nitrogen and oxygen atoms in total. The maximum atomic E-state index is 12.3. The van der Waals surface area contributed by atoms with E-state index in [-0.39, 0.29) is 5.91 Å². The fourth-order valence-electron chi connectivity index (χ4n) is 3.79. The van der Waals surface area contributed by atoms with Crippen molar-refractivity contribution in [1.82, 2.24) is 9.80 Å². The summed E-state index contributed by atoms with van der Waals surface area (Å²) in [5.74, 6) is 0.950. The third-order valence-corrected chi connectivity index (χ3v) is 5.68. The molecule has 29 heavy (non-hydrogen) atoms. The Bertz CT molecular complexity index is 948. The Labute approximate surface area is 175 Å². The normalized spacial score (nSPS) is 16.7. The van der Waals surface area contributed by atoms with Gasteiger partial charge in [0.25, 0.3) is 0 Å². The molecular formula is C22H23ClN4O2. The van der Waals surface area contributed by atoms with E-state index in [1.54, 1.807) is 18.2 Å². The summed E-state index contributed by atoms with van der Waals surface area (Å²) in [6, 6.07) is 13.4. The summed E-state index contributed by atoms with van der Waals surface area (Å²) < 4.78 is 5.58. The molecule has 150 valence electrons. The molecule has 2 heterocycles. The monoisotopic (exact) mass is 410 g/mol. The number of halogens is 1. The van der Waals surface area contributed by atoms with E-state index in [2.05, 4.69) is 33.3 Å². The van der Waals surface area contributed by atoms with E-state index in [0.29, 0.717) is 22.8 Å². The molecule has 0 aliphatic carbocycles. The van der Waals surface area contributed by atoms with Gasteiger partial charge in [-0.1, -0.05) is 23.7 Å². The highest BCUT2D eigenvalue weighted by Crippen LogP contribution is 2.26. The third-order valence-electron chi connectivity index (χ3n) is 5.37. The number of ether oxygens (including phenoxy) is 1. The van der Waals surface area contributed by atoms with Crippen LogP contribution in [-0.2, 0) is 17.8 Å². The smallest absolute Gasteiger partial charge is 0.238 e. The highest BCUT2D eigenvalue weighted by molar-refractivity contribution is 6.32. The van der Waals surface area contributed by atoms with Crippen molar-refractivity contribution in [2.75, 3.05) is 44.6 Å². The molecule has 0 radical (unpaired) electrons. The highest BCUT2D eigenvalue weighted by atomic mass is 35.5. The van der Waals surface area contributed by atoms with Crippen molar-refractivity contribution in [3.05, 3.63) is 58.1 Å². The first kappa shape index (κ1) is 19.7. The number of piperazine rings is 1. The lowest BCUT2D eigenvalue weighted by Crippen LogP contribution is -2.48. The van der Waals surface area contributed by atoms with Gasteiger partial charge in [0.15, 0.2) is 0 Å². The molecule has 2 aromatic carbocycles. The SMILES string of the molecule is N#Cc1ccc(NC(=O)CN2CCN(Cc3ccc4c(c3)CCO4)CC2)cc1Cl. The predicted molar refractivity (Wildman–Crippen MR) is 112 cm³/mol. The van der Waals surface area contributed by atoms with E-state index in [1.165, 1.54) is 11.1 Å². The summed E-state index contributed by atoms with van der Waals surface area (Å²) >= 11 is 6.02. The van der Waals surface area contributed by atoms with Crippen LogP contribution < -0.4 is 10.1 Å². The van der Waals surface area contributed by atoms with Crippen molar-refractivity contribution in [1.29, 1.82) is 5.26 Å². The largest absolute Gasteiger partial charge is 0.493 e. The van der Waals surface area contributed by atoms with E-state index in [1.807, 2.05) is 6.07 Å². The number of nitriles is 1. The van der Waals surface area contributed by atoms with Gasteiger partial charge in [0.2, 0.25) is 5.91 Å². The van der Waals surface area contributed by atoms with E-state index in [9.17, 15) is 4.79 Å². The zero-order chi connectivity index (χ0) is 20.2. The van der Waals surface area contributed by atoms with Crippen LogP contribution >= 0.6 is 11.6 Å². The second kappa shape index (κ2) is 8.83. The average Bonchev–Trinajstić information content (AvgIpc) is 3.17. The first-order valence-electron chi connectivity index (χ1n) is 9.79. The number of carbonyl (C=O) groups is 1. The lowest BCUT2D eigenvalue weighted by Gasteiger charge is -2.34. The van der Waals surface area contributed by atoms with Crippen LogP contribution in [0.4, 0.5) is 5.69 Å². The quantitative estimate of drug-likeness (QED) is 0.820. The molecule has 1 saturated heterocycles. The number of amides is 1. The molecular weight excluding hydrogens is 388 g/mol. The molecule has 0 bridgehead atoms. The Morgan fingerprint density at radius 2 is 1.93 bits per heavy atom. The molecule has 1 N–H and O–H groups in total. The minimum absolute atomic E-state index is 0.0714. The molecule has 1 amide bonds. The minimum atomic E-state index is -0.0714. The number of hydrogen-bond acceptors (Lipinski definition) is 5. The molecule has 2 aliphatic heterocycles. The Morgan fingerprint density at radius 3 is 2.69 bits per heavy atom. The van der Waals surface area contributed by atoms with Gasteiger partial charge in [-0.05, 0) is 35.4 Å². The van der Waals surface area contributed by atoms with Crippen molar-refractivity contribution in [3.8, 4) is 11.8 Å². The number of hydrogen-bond donors (Lipinski definition) is 1. The molecule has 0 saturated carbocycles. The van der Waals surface area contributed by atoms with Crippen molar-refractivity contribution in [2.24, 2.45) is 0 Å². The van der Waals surface area contributed by atoms with Gasteiger partial charge in [-0.25, -0.2) is 0 Å². The van der Waals surface area contributed by atoms with Gasteiger partial charge < -0.3 is 10.1 Å². The standard InChI is InChI=1S/C22H23ClN4O2/c23-20-12-19(3-2-18(20)13-24)25-22(28)15-27-8-6-26(7-9-27)14-16-1-4-21-17(11-16)5-10-29-21/h1-4,11-12H,5-10,14-15H2,(H,25,28). The van der Waals surface area contributed by atoms with Crippen LogP contribution in [0.25, 0.3) is 0 Å². The number of fused-ring (bicyclic) bond motifs is 1. The van der Waals surface area contributed by atoms with E-state index in [4.69, 9.17) is 21.6 Å². The fraction of sp³-hybridized carbons (Fsp3) is 0.364. The number of anilines is 1. The van der Waals surface area contributed by atoms with E-state index < -0.39 is 0 Å². The maximum absolute atomic E-state index is 12.3.